The Morgan fingerprint density at radius 3 is 2.85 bits per heavy atom. The lowest BCUT2D eigenvalue weighted by Gasteiger charge is -2.49. The molecule has 0 radical (unpaired) electrons. The van der Waals surface area contributed by atoms with Crippen LogP contribution in [0.2, 0.25) is 0 Å². The number of nitriles is 1. The Kier molecular flexibility index (Phi) is 6.07. The molecular weight excluding hydrogens is 434 g/mol. The number of nitro groups is 1. The van der Waals surface area contributed by atoms with Gasteiger partial charge in [0.2, 0.25) is 5.91 Å². The Morgan fingerprint density at radius 2 is 2.09 bits per heavy atom. The summed E-state index contributed by atoms with van der Waals surface area (Å²) in [6.07, 6.45) is 2.42. The molecule has 3 heterocycles. The van der Waals surface area contributed by atoms with Crippen LogP contribution in [-0.4, -0.2) is 55.8 Å². The van der Waals surface area contributed by atoms with Gasteiger partial charge in [-0.3, -0.25) is 14.9 Å². The molecule has 3 atom stereocenters. The highest BCUT2D eigenvalue weighted by Crippen LogP contribution is 2.39. The van der Waals surface area contributed by atoms with Gasteiger partial charge in [0.1, 0.15) is 6.07 Å². The molecule has 2 aromatic carbocycles. The number of fused-ring (bicyclic) bond motifs is 3. The van der Waals surface area contributed by atoms with Crippen LogP contribution >= 0.6 is 0 Å². The van der Waals surface area contributed by atoms with Crippen LogP contribution in [-0.2, 0) is 16.0 Å². The van der Waals surface area contributed by atoms with Crippen molar-refractivity contribution in [1.82, 2.24) is 5.32 Å². The molecule has 0 spiro atoms. The summed E-state index contributed by atoms with van der Waals surface area (Å²) >= 11 is 0. The van der Waals surface area contributed by atoms with Gasteiger partial charge in [0.25, 0.3) is 5.69 Å². The fourth-order valence-electron chi connectivity index (χ4n) is 5.44. The molecule has 0 saturated carbocycles. The first kappa shape index (κ1) is 22.2. The molecule has 1 amide bonds. The number of non-ortho nitro benzene ring substituents is 1. The lowest BCUT2D eigenvalue weighted by molar-refractivity contribution is -0.384. The number of carbonyl (C=O) groups excluding carboxylic acids is 1. The number of anilines is 2. The molecule has 3 aliphatic rings. The van der Waals surface area contributed by atoms with Crippen LogP contribution in [0.4, 0.5) is 17.1 Å². The molecule has 1 N–H and O–H groups in total. The maximum absolute atomic E-state index is 13.4. The molecule has 9 heteroatoms. The van der Waals surface area contributed by atoms with E-state index in [1.807, 2.05) is 24.3 Å². The summed E-state index contributed by atoms with van der Waals surface area (Å²) in [5, 5.41) is 24.0. The lowest BCUT2D eigenvalue weighted by atomic mass is 9.83. The van der Waals surface area contributed by atoms with Crippen molar-refractivity contribution >= 4 is 23.0 Å². The van der Waals surface area contributed by atoms with E-state index < -0.39 is 4.92 Å². The highest BCUT2D eigenvalue weighted by atomic mass is 16.6. The predicted molar refractivity (Wildman–Crippen MR) is 127 cm³/mol. The van der Waals surface area contributed by atoms with Crippen LogP contribution in [0.5, 0.6) is 0 Å². The zero-order valence-electron chi connectivity index (χ0n) is 18.9. The number of rotatable bonds is 5. The number of nitrogens with one attached hydrogen (secondary N) is 1. The second kappa shape index (κ2) is 9.31. The molecular formula is C25H27N5O4. The first-order chi connectivity index (χ1) is 16.5. The number of ether oxygens (including phenoxy) is 1. The molecule has 5 rings (SSSR count). The molecule has 3 aliphatic heterocycles. The molecule has 0 aliphatic carbocycles. The van der Waals surface area contributed by atoms with E-state index in [1.54, 1.807) is 12.1 Å². The van der Waals surface area contributed by atoms with E-state index in [4.69, 9.17) is 4.74 Å². The Morgan fingerprint density at radius 1 is 1.24 bits per heavy atom. The number of amides is 1. The second-order valence-corrected chi connectivity index (χ2v) is 9.10. The molecule has 2 saturated heterocycles. The average Bonchev–Trinajstić information content (AvgIpc) is 3.39. The summed E-state index contributed by atoms with van der Waals surface area (Å²) in [5.74, 6) is -0.425. The Labute approximate surface area is 198 Å². The van der Waals surface area contributed by atoms with Crippen molar-refractivity contribution in [2.45, 2.75) is 31.4 Å². The van der Waals surface area contributed by atoms with Crippen LogP contribution in [0.1, 0.15) is 24.0 Å². The zero-order chi connectivity index (χ0) is 23.7. The minimum absolute atomic E-state index is 0.0392. The summed E-state index contributed by atoms with van der Waals surface area (Å²) in [6.45, 7) is 3.14. The van der Waals surface area contributed by atoms with Crippen molar-refractivity contribution in [3.8, 4) is 6.07 Å². The van der Waals surface area contributed by atoms with E-state index in [0.29, 0.717) is 38.2 Å². The summed E-state index contributed by atoms with van der Waals surface area (Å²) in [7, 11) is 0. The van der Waals surface area contributed by atoms with Gasteiger partial charge < -0.3 is 19.9 Å². The number of benzene rings is 2. The molecule has 0 unspecified atom stereocenters. The summed E-state index contributed by atoms with van der Waals surface area (Å²) in [6, 6.07) is 14.6. The number of hydrogen-bond donors (Lipinski definition) is 1. The van der Waals surface area contributed by atoms with Crippen LogP contribution in [0, 0.1) is 27.4 Å². The van der Waals surface area contributed by atoms with E-state index in [0.717, 1.165) is 36.4 Å². The lowest BCUT2D eigenvalue weighted by Crippen LogP contribution is -2.61. The number of carbonyl (C=O) groups is 1. The first-order valence-electron chi connectivity index (χ1n) is 11.7. The molecule has 0 aromatic heterocycles. The van der Waals surface area contributed by atoms with Gasteiger partial charge in [-0.05, 0) is 43.0 Å². The SMILES string of the molecule is N#Cc1ccccc1N1CCN2c3ccc([N+](=O)[O-])cc3C[C@H](C(=O)NC[C@H]3CCCO3)[C@H]2C1. The van der Waals surface area contributed by atoms with Gasteiger partial charge in [0.05, 0.1) is 34.2 Å². The van der Waals surface area contributed by atoms with Crippen molar-refractivity contribution in [3.63, 3.8) is 0 Å². The van der Waals surface area contributed by atoms with Crippen molar-refractivity contribution in [3.05, 3.63) is 63.7 Å². The largest absolute Gasteiger partial charge is 0.376 e. The van der Waals surface area contributed by atoms with Gasteiger partial charge in [-0.15, -0.1) is 0 Å². The Balaban J connectivity index is 1.44. The fourth-order valence-corrected chi connectivity index (χ4v) is 5.44. The number of nitro benzene ring substituents is 1. The molecule has 2 aromatic rings. The number of piperazine rings is 1. The normalized spacial score (nSPS) is 23.6. The minimum Gasteiger partial charge on any atom is -0.376 e. The van der Waals surface area contributed by atoms with Crippen LogP contribution < -0.4 is 15.1 Å². The maximum Gasteiger partial charge on any atom is 0.269 e. The van der Waals surface area contributed by atoms with Crippen molar-refractivity contribution in [2.24, 2.45) is 5.92 Å². The predicted octanol–water partition coefficient (Wildman–Crippen LogP) is 2.63. The van der Waals surface area contributed by atoms with Gasteiger partial charge in [0, 0.05) is 50.6 Å². The van der Waals surface area contributed by atoms with Gasteiger partial charge >= 0.3 is 0 Å². The van der Waals surface area contributed by atoms with Crippen molar-refractivity contribution in [2.75, 3.05) is 42.6 Å². The number of hydrogen-bond acceptors (Lipinski definition) is 7. The average molecular weight is 462 g/mol. The highest BCUT2D eigenvalue weighted by molar-refractivity contribution is 5.82. The van der Waals surface area contributed by atoms with Crippen molar-refractivity contribution < 1.29 is 14.5 Å². The maximum atomic E-state index is 13.4. The topological polar surface area (TPSA) is 112 Å². The van der Waals surface area contributed by atoms with E-state index in [9.17, 15) is 20.2 Å². The van der Waals surface area contributed by atoms with Crippen molar-refractivity contribution in [1.29, 1.82) is 5.26 Å². The standard InChI is InChI=1S/C25H27N5O4/c26-14-17-4-1-2-6-22(17)28-9-10-29-23-8-7-19(30(32)33)12-18(23)13-21(24(29)16-28)25(31)27-15-20-5-3-11-34-20/h1-2,4,6-8,12,20-21,24H,3,5,9-11,13,15-16H2,(H,27,31)/t20-,21+,24-/m1/s1. The smallest absolute Gasteiger partial charge is 0.269 e. The molecule has 2 fully saturated rings. The van der Waals surface area contributed by atoms with Gasteiger partial charge in [-0.2, -0.15) is 5.26 Å². The monoisotopic (exact) mass is 461 g/mol. The summed E-state index contributed by atoms with van der Waals surface area (Å²) < 4.78 is 5.66. The Hall–Kier alpha value is -3.64. The molecule has 0 bridgehead atoms. The third kappa shape index (κ3) is 4.17. The van der Waals surface area contributed by atoms with E-state index >= 15 is 0 Å². The summed E-state index contributed by atoms with van der Waals surface area (Å²) in [4.78, 5) is 28.8. The van der Waals surface area contributed by atoms with Gasteiger partial charge in [0.15, 0.2) is 0 Å². The highest BCUT2D eigenvalue weighted by Gasteiger charge is 2.42. The third-order valence-electron chi connectivity index (χ3n) is 7.14. The third-order valence-corrected chi connectivity index (χ3v) is 7.14. The van der Waals surface area contributed by atoms with E-state index in [-0.39, 0.29) is 29.7 Å². The van der Waals surface area contributed by atoms with E-state index in [2.05, 4.69) is 21.2 Å². The quantitative estimate of drug-likeness (QED) is 0.538. The molecule has 34 heavy (non-hydrogen) atoms. The zero-order valence-corrected chi connectivity index (χ0v) is 18.9. The first-order valence-corrected chi connectivity index (χ1v) is 11.7. The van der Waals surface area contributed by atoms with Crippen LogP contribution in [0.15, 0.2) is 42.5 Å². The number of nitrogens with zero attached hydrogens (tertiary/aromatic N) is 4. The molecule has 176 valence electrons. The molecule has 9 nitrogen and oxygen atoms in total. The van der Waals surface area contributed by atoms with Crippen LogP contribution in [0.3, 0.4) is 0 Å². The van der Waals surface area contributed by atoms with Gasteiger partial charge in [-0.25, -0.2) is 0 Å². The fraction of sp³-hybridized carbons (Fsp3) is 0.440. The second-order valence-electron chi connectivity index (χ2n) is 9.10. The summed E-state index contributed by atoms with van der Waals surface area (Å²) in [5.41, 5.74) is 3.30. The van der Waals surface area contributed by atoms with Gasteiger partial charge in [-0.1, -0.05) is 12.1 Å². The van der Waals surface area contributed by atoms with E-state index in [1.165, 1.54) is 6.07 Å². The minimum atomic E-state index is -0.393. The van der Waals surface area contributed by atoms with Crippen LogP contribution in [0.25, 0.3) is 0 Å². The Bertz CT molecular complexity index is 1140. The number of para-hydroxylation sites is 1.